The summed E-state index contributed by atoms with van der Waals surface area (Å²) >= 11 is 0. The monoisotopic (exact) mass is 566 g/mol. The highest BCUT2D eigenvalue weighted by Crippen LogP contribution is 2.52. The number of nitrogens with one attached hydrogen (secondary N) is 2. The first-order chi connectivity index (χ1) is 15.5. The molecule has 1 aromatic rings. The Kier molecular flexibility index (Phi) is 8.78. The summed E-state index contributed by atoms with van der Waals surface area (Å²) in [6.07, 6.45) is 6.72. The van der Waals surface area contributed by atoms with Crippen LogP contribution in [0.1, 0.15) is 30.9 Å². The molecule has 4 rings (SSSR count). The van der Waals surface area contributed by atoms with Crippen LogP contribution in [0.2, 0.25) is 0 Å². The zero-order chi connectivity index (χ0) is 22.7. The number of amides is 2. The average Bonchev–Trinajstić information content (AvgIpc) is 3.46. The fourth-order valence-electron chi connectivity index (χ4n) is 5.36. The summed E-state index contributed by atoms with van der Waals surface area (Å²) in [6, 6.07) is 6.19. The fraction of sp³-hybridized carbons (Fsp3) is 0.560. The second-order valence-electron chi connectivity index (χ2n) is 8.93. The number of guanidine groups is 1. The largest absolute Gasteiger partial charge is 0.496 e. The Labute approximate surface area is 213 Å². The molecular weight excluding hydrogens is 531 g/mol. The van der Waals surface area contributed by atoms with E-state index in [1.165, 1.54) is 10.5 Å². The molecule has 33 heavy (non-hydrogen) atoms. The van der Waals surface area contributed by atoms with Gasteiger partial charge in [-0.15, -0.1) is 24.0 Å². The minimum absolute atomic E-state index is 0. The number of carbonyl (C=O) groups excluding carboxylic acids is 2. The van der Waals surface area contributed by atoms with E-state index >= 15 is 0 Å². The van der Waals surface area contributed by atoms with Gasteiger partial charge in [0.15, 0.2) is 5.96 Å². The Balaban J connectivity index is 0.00000306. The van der Waals surface area contributed by atoms with Crippen LogP contribution < -0.4 is 15.4 Å². The maximum Gasteiger partial charge on any atom is 0.233 e. The van der Waals surface area contributed by atoms with E-state index in [0.29, 0.717) is 19.5 Å². The molecule has 2 fully saturated rings. The van der Waals surface area contributed by atoms with Crippen molar-refractivity contribution < 1.29 is 14.3 Å². The first-order valence-corrected chi connectivity index (χ1v) is 11.7. The summed E-state index contributed by atoms with van der Waals surface area (Å²) in [5, 5.41) is 6.62. The number of fused-ring (bicyclic) bond motifs is 5. The van der Waals surface area contributed by atoms with E-state index in [1.54, 1.807) is 7.11 Å². The highest BCUT2D eigenvalue weighted by molar-refractivity contribution is 14.0. The van der Waals surface area contributed by atoms with Gasteiger partial charge in [0.25, 0.3) is 0 Å². The third kappa shape index (κ3) is 5.36. The molecule has 180 valence electrons. The number of hydrogen-bond acceptors (Lipinski definition) is 4. The topological polar surface area (TPSA) is 83.0 Å². The van der Waals surface area contributed by atoms with Gasteiger partial charge < -0.3 is 15.4 Å². The van der Waals surface area contributed by atoms with Gasteiger partial charge in [-0.3, -0.25) is 19.5 Å². The Morgan fingerprint density at radius 3 is 2.48 bits per heavy atom. The smallest absolute Gasteiger partial charge is 0.233 e. The third-order valence-electron chi connectivity index (χ3n) is 6.84. The summed E-state index contributed by atoms with van der Waals surface area (Å²) in [4.78, 5) is 31.7. The number of benzene rings is 1. The molecule has 2 amide bonds. The van der Waals surface area contributed by atoms with E-state index in [-0.39, 0.29) is 59.5 Å². The summed E-state index contributed by atoms with van der Waals surface area (Å²) in [5.41, 5.74) is 2.37. The number of rotatable bonds is 9. The molecule has 1 aliphatic heterocycles. The van der Waals surface area contributed by atoms with Gasteiger partial charge in [0.05, 0.1) is 18.9 Å². The second-order valence-corrected chi connectivity index (χ2v) is 8.93. The Morgan fingerprint density at radius 1 is 1.15 bits per heavy atom. The maximum atomic E-state index is 12.8. The third-order valence-corrected chi connectivity index (χ3v) is 6.84. The number of ether oxygens (including phenoxy) is 1. The number of likely N-dealkylation sites (tertiary alicyclic amines) is 1. The van der Waals surface area contributed by atoms with Gasteiger partial charge in [-0.05, 0) is 56.6 Å². The molecule has 0 radical (unpaired) electrons. The molecule has 3 aliphatic rings. The number of methoxy groups -OCH3 is 1. The van der Waals surface area contributed by atoms with E-state index in [0.717, 1.165) is 43.2 Å². The molecule has 8 heteroatoms. The van der Waals surface area contributed by atoms with Gasteiger partial charge in [-0.25, -0.2) is 0 Å². The SMILES string of the molecule is CCNC(=NCCCN1C(=O)C2C3C=CC(C3)C2C1=O)NCCc1cc(C)ccc1OC.I. The van der Waals surface area contributed by atoms with E-state index in [9.17, 15) is 9.59 Å². The van der Waals surface area contributed by atoms with Crippen molar-refractivity contribution in [2.75, 3.05) is 33.3 Å². The summed E-state index contributed by atoms with van der Waals surface area (Å²) in [7, 11) is 1.69. The predicted molar refractivity (Wildman–Crippen MR) is 140 cm³/mol. The minimum atomic E-state index is -0.112. The van der Waals surface area contributed by atoms with E-state index < -0.39 is 0 Å². The highest BCUT2D eigenvalue weighted by Gasteiger charge is 2.58. The lowest BCUT2D eigenvalue weighted by molar-refractivity contribution is -0.140. The first kappa shape index (κ1) is 25.5. The first-order valence-electron chi connectivity index (χ1n) is 11.7. The molecule has 0 aromatic heterocycles. The van der Waals surface area contributed by atoms with Crippen LogP contribution in [0.25, 0.3) is 0 Å². The van der Waals surface area contributed by atoms with Crippen LogP contribution in [0, 0.1) is 30.6 Å². The van der Waals surface area contributed by atoms with Crippen LogP contribution in [0.5, 0.6) is 5.75 Å². The minimum Gasteiger partial charge on any atom is -0.496 e. The van der Waals surface area contributed by atoms with Crippen molar-refractivity contribution in [2.24, 2.45) is 28.7 Å². The number of allylic oxidation sites excluding steroid dienone is 2. The molecule has 1 aromatic carbocycles. The second kappa shape index (κ2) is 11.4. The van der Waals surface area contributed by atoms with Gasteiger partial charge in [0.2, 0.25) is 11.8 Å². The molecule has 7 nitrogen and oxygen atoms in total. The molecule has 1 heterocycles. The highest BCUT2D eigenvalue weighted by atomic mass is 127. The predicted octanol–water partition coefficient (Wildman–Crippen LogP) is 2.92. The van der Waals surface area contributed by atoms with Gasteiger partial charge in [0.1, 0.15) is 5.75 Å². The van der Waals surface area contributed by atoms with E-state index in [4.69, 9.17) is 4.74 Å². The van der Waals surface area contributed by atoms with Gasteiger partial charge >= 0.3 is 0 Å². The van der Waals surface area contributed by atoms with Gasteiger partial charge in [-0.1, -0.05) is 29.8 Å². The Bertz CT molecular complexity index is 902. The van der Waals surface area contributed by atoms with Crippen molar-refractivity contribution in [3.8, 4) is 5.75 Å². The van der Waals surface area contributed by atoms with Crippen LogP contribution in [-0.4, -0.2) is 56.0 Å². The number of halogens is 1. The Hall–Kier alpha value is -2.10. The molecule has 2 bridgehead atoms. The van der Waals surface area contributed by atoms with Crippen LogP contribution >= 0.6 is 24.0 Å². The van der Waals surface area contributed by atoms with Crippen molar-refractivity contribution in [1.82, 2.24) is 15.5 Å². The van der Waals surface area contributed by atoms with E-state index in [1.807, 2.05) is 19.1 Å². The van der Waals surface area contributed by atoms with Crippen LogP contribution in [-0.2, 0) is 16.0 Å². The van der Waals surface area contributed by atoms with Crippen molar-refractivity contribution in [3.63, 3.8) is 0 Å². The Morgan fingerprint density at radius 2 is 1.85 bits per heavy atom. The molecule has 4 unspecified atom stereocenters. The summed E-state index contributed by atoms with van der Waals surface area (Å²) in [6.45, 7) is 6.61. The number of aliphatic imine (C=N–C) groups is 1. The van der Waals surface area contributed by atoms with Crippen molar-refractivity contribution in [2.45, 2.75) is 33.1 Å². The normalized spacial score (nSPS) is 25.3. The standard InChI is InChI=1S/C25H34N4O3.HI/c1-4-26-25(28-12-10-17-14-16(2)6-9-20(17)32-3)27-11-5-13-29-23(30)21-18-7-8-19(15-18)22(21)24(29)31;/h6-9,14,18-19,21-22H,4-5,10-13,15H2,1-3H3,(H2,26,27,28);1H. The molecule has 1 saturated heterocycles. The van der Waals surface area contributed by atoms with Crippen molar-refractivity contribution in [3.05, 3.63) is 41.5 Å². The quantitative estimate of drug-likeness (QED) is 0.120. The summed E-state index contributed by atoms with van der Waals surface area (Å²) < 4.78 is 5.46. The lowest BCUT2D eigenvalue weighted by atomic mass is 9.85. The fourth-order valence-corrected chi connectivity index (χ4v) is 5.36. The number of carbonyl (C=O) groups is 2. The number of nitrogens with zero attached hydrogens (tertiary/aromatic N) is 2. The zero-order valence-electron chi connectivity index (χ0n) is 19.7. The number of hydrogen-bond donors (Lipinski definition) is 2. The zero-order valence-corrected chi connectivity index (χ0v) is 22.0. The molecule has 0 spiro atoms. The summed E-state index contributed by atoms with van der Waals surface area (Å²) in [5.74, 6) is 2.00. The lowest BCUT2D eigenvalue weighted by Crippen LogP contribution is -2.38. The van der Waals surface area contributed by atoms with Gasteiger partial charge in [0, 0.05) is 26.2 Å². The van der Waals surface area contributed by atoms with Crippen LogP contribution in [0.3, 0.4) is 0 Å². The van der Waals surface area contributed by atoms with Crippen LogP contribution in [0.4, 0.5) is 0 Å². The lowest BCUT2D eigenvalue weighted by Gasteiger charge is -2.17. The number of aryl methyl sites for hydroxylation is 1. The molecule has 4 atom stereocenters. The van der Waals surface area contributed by atoms with Crippen LogP contribution in [0.15, 0.2) is 35.3 Å². The molecule has 2 N–H and O–H groups in total. The van der Waals surface area contributed by atoms with E-state index in [2.05, 4.69) is 40.8 Å². The van der Waals surface area contributed by atoms with Crippen molar-refractivity contribution >= 4 is 41.8 Å². The van der Waals surface area contributed by atoms with Gasteiger partial charge in [-0.2, -0.15) is 0 Å². The maximum absolute atomic E-state index is 12.8. The molecule has 1 saturated carbocycles. The molecular formula is C25H35IN4O3. The molecule has 2 aliphatic carbocycles. The number of imide groups is 1. The van der Waals surface area contributed by atoms with Crippen molar-refractivity contribution in [1.29, 1.82) is 0 Å². The average molecular weight is 566 g/mol.